The van der Waals surface area contributed by atoms with E-state index in [-0.39, 0.29) is 11.2 Å². The van der Waals surface area contributed by atoms with Crippen LogP contribution >= 0.6 is 0 Å². The molecule has 0 saturated carbocycles. The normalized spacial score (nSPS) is 12.9. The summed E-state index contributed by atoms with van der Waals surface area (Å²) >= 11 is 0. The molecule has 1 nitrogen and oxygen atoms in total. The Morgan fingerprint density at radius 2 is 1.14 bits per heavy atom. The molecule has 1 aliphatic rings. The van der Waals surface area contributed by atoms with Crippen molar-refractivity contribution >= 4 is 16.9 Å². The average molecular weight is 482 g/mol. The molecule has 0 unspecified atom stereocenters. The fourth-order valence-electron chi connectivity index (χ4n) is 5.42. The van der Waals surface area contributed by atoms with Gasteiger partial charge in [-0.25, -0.2) is 4.39 Å². The largest absolute Gasteiger partial charge is 0.317 e. The van der Waals surface area contributed by atoms with Gasteiger partial charge < -0.3 is 4.90 Å². The smallest absolute Gasteiger partial charge is 0.123 e. The fourth-order valence-corrected chi connectivity index (χ4v) is 5.42. The third-order valence-electron chi connectivity index (χ3n) is 7.38. The minimum Gasteiger partial charge on any atom is -0.317 e. The highest BCUT2D eigenvalue weighted by atomic mass is 19.1. The highest BCUT2D eigenvalue weighted by Gasteiger charge is 2.35. The zero-order chi connectivity index (χ0) is 25.4. The Kier molecular flexibility index (Phi) is 5.73. The third-order valence-corrected chi connectivity index (χ3v) is 7.38. The summed E-state index contributed by atoms with van der Waals surface area (Å²) in [5.41, 5.74) is 10.4. The van der Waals surface area contributed by atoms with Crippen LogP contribution in [0.5, 0.6) is 0 Å². The van der Waals surface area contributed by atoms with Crippen LogP contribution in [0.15, 0.2) is 134 Å². The van der Waals surface area contributed by atoms with E-state index in [1.807, 2.05) is 24.3 Å². The third kappa shape index (κ3) is 4.15. The molecule has 6 rings (SSSR count). The minimum atomic E-state index is -0.246. The van der Waals surface area contributed by atoms with E-state index in [0.717, 1.165) is 28.1 Å². The van der Waals surface area contributed by atoms with E-state index in [0.29, 0.717) is 0 Å². The summed E-state index contributed by atoms with van der Waals surface area (Å²) < 4.78 is 13.9. The first kappa shape index (κ1) is 23.0. The van der Waals surface area contributed by atoms with Gasteiger partial charge in [0.25, 0.3) is 0 Å². The van der Waals surface area contributed by atoms with Crippen LogP contribution < -0.4 is 4.90 Å². The molecule has 180 valence electrons. The number of anilines is 2. The quantitative estimate of drug-likeness (QED) is 0.242. The molecule has 0 fully saturated rings. The van der Waals surface area contributed by atoms with Crippen molar-refractivity contribution < 1.29 is 4.39 Å². The van der Waals surface area contributed by atoms with E-state index >= 15 is 0 Å². The summed E-state index contributed by atoms with van der Waals surface area (Å²) in [4.78, 5) is 2.17. The standard InChI is InChI=1S/C35H28FN/c1-35(2)33-16-10-9-15-30(33)31-22-21-29(23-34(31)35)37(28-19-17-27(36)18-20-28)24-32(25-11-5-3-6-12-25)26-13-7-4-8-14-26/h3-24H,1-2H3. The molecule has 0 bridgehead atoms. The van der Waals surface area contributed by atoms with Gasteiger partial charge in [-0.15, -0.1) is 0 Å². The van der Waals surface area contributed by atoms with Crippen LogP contribution in [0.3, 0.4) is 0 Å². The monoisotopic (exact) mass is 481 g/mol. The van der Waals surface area contributed by atoms with Gasteiger partial charge in [-0.2, -0.15) is 0 Å². The van der Waals surface area contributed by atoms with Crippen LogP contribution in [0.1, 0.15) is 36.1 Å². The lowest BCUT2D eigenvalue weighted by Crippen LogP contribution is -2.16. The predicted molar refractivity (Wildman–Crippen MR) is 153 cm³/mol. The molecule has 0 heterocycles. The van der Waals surface area contributed by atoms with Gasteiger partial charge in [0.05, 0.1) is 0 Å². The average Bonchev–Trinajstić information content (AvgIpc) is 3.17. The molecule has 0 saturated heterocycles. The lowest BCUT2D eigenvalue weighted by molar-refractivity contribution is 0.628. The van der Waals surface area contributed by atoms with E-state index in [2.05, 4.69) is 116 Å². The fraction of sp³-hybridized carbons (Fsp3) is 0.0857. The van der Waals surface area contributed by atoms with Crippen molar-refractivity contribution in [3.05, 3.63) is 162 Å². The summed E-state index contributed by atoms with van der Waals surface area (Å²) in [5, 5.41) is 0. The van der Waals surface area contributed by atoms with E-state index in [9.17, 15) is 4.39 Å². The summed E-state index contributed by atoms with van der Waals surface area (Å²) in [6, 6.07) is 42.9. The SMILES string of the molecule is CC1(C)c2ccccc2-c2ccc(N(C=C(c3ccccc3)c3ccccc3)c3ccc(F)cc3)cc21. The summed E-state index contributed by atoms with van der Waals surface area (Å²) in [6.07, 6.45) is 2.18. The van der Waals surface area contributed by atoms with Crippen LogP contribution in [0.4, 0.5) is 15.8 Å². The zero-order valence-corrected chi connectivity index (χ0v) is 21.0. The predicted octanol–water partition coefficient (Wildman–Crippen LogP) is 9.36. The molecule has 5 aromatic carbocycles. The molecule has 0 radical (unpaired) electrons. The van der Waals surface area contributed by atoms with Crippen molar-refractivity contribution in [2.75, 3.05) is 4.90 Å². The molecule has 2 heteroatoms. The number of nitrogens with zero attached hydrogens (tertiary/aromatic N) is 1. The van der Waals surface area contributed by atoms with Crippen molar-refractivity contribution in [3.8, 4) is 11.1 Å². The summed E-state index contributed by atoms with van der Waals surface area (Å²) in [5.74, 6) is -0.246. The molecule has 37 heavy (non-hydrogen) atoms. The van der Waals surface area contributed by atoms with Gasteiger partial charge >= 0.3 is 0 Å². The van der Waals surface area contributed by atoms with Crippen molar-refractivity contribution in [2.45, 2.75) is 19.3 Å². The second-order valence-corrected chi connectivity index (χ2v) is 10.0. The topological polar surface area (TPSA) is 3.24 Å². The molecule has 0 atom stereocenters. The Morgan fingerprint density at radius 3 is 1.78 bits per heavy atom. The second kappa shape index (κ2) is 9.22. The van der Waals surface area contributed by atoms with E-state index in [1.165, 1.54) is 34.4 Å². The highest BCUT2D eigenvalue weighted by molar-refractivity contribution is 5.86. The molecule has 0 aromatic heterocycles. The maximum atomic E-state index is 13.9. The van der Waals surface area contributed by atoms with Gasteiger partial charge in [0.1, 0.15) is 5.82 Å². The molecule has 1 aliphatic carbocycles. The van der Waals surface area contributed by atoms with Gasteiger partial charge in [0.2, 0.25) is 0 Å². The van der Waals surface area contributed by atoms with Crippen molar-refractivity contribution in [3.63, 3.8) is 0 Å². The molecular weight excluding hydrogens is 453 g/mol. The van der Waals surface area contributed by atoms with E-state index in [4.69, 9.17) is 0 Å². The second-order valence-electron chi connectivity index (χ2n) is 10.0. The number of hydrogen-bond acceptors (Lipinski definition) is 1. The lowest BCUT2D eigenvalue weighted by Gasteiger charge is -2.26. The number of halogens is 1. The van der Waals surface area contributed by atoms with Gasteiger partial charge in [0, 0.05) is 28.6 Å². The maximum absolute atomic E-state index is 13.9. The molecule has 5 aromatic rings. The van der Waals surface area contributed by atoms with Crippen molar-refractivity contribution in [2.24, 2.45) is 0 Å². The van der Waals surface area contributed by atoms with E-state index in [1.54, 1.807) is 0 Å². The first-order chi connectivity index (χ1) is 18.0. The molecule has 0 N–H and O–H groups in total. The number of benzene rings is 5. The highest BCUT2D eigenvalue weighted by Crippen LogP contribution is 2.50. The van der Waals surface area contributed by atoms with Gasteiger partial charge in [-0.1, -0.05) is 105 Å². The number of fused-ring (bicyclic) bond motifs is 3. The zero-order valence-electron chi connectivity index (χ0n) is 21.0. The minimum absolute atomic E-state index is 0.109. The molecular formula is C35H28FN. The first-order valence-electron chi connectivity index (χ1n) is 12.6. The van der Waals surface area contributed by atoms with Crippen molar-refractivity contribution in [1.82, 2.24) is 0 Å². The van der Waals surface area contributed by atoms with Crippen LogP contribution in [-0.2, 0) is 5.41 Å². The van der Waals surface area contributed by atoms with Gasteiger partial charge in [0.15, 0.2) is 0 Å². The van der Waals surface area contributed by atoms with Gasteiger partial charge in [-0.3, -0.25) is 0 Å². The Hall–Kier alpha value is -4.43. The first-order valence-corrected chi connectivity index (χ1v) is 12.6. The maximum Gasteiger partial charge on any atom is 0.123 e. The van der Waals surface area contributed by atoms with Gasteiger partial charge in [-0.05, 0) is 69.8 Å². The molecule has 0 spiro atoms. The molecule has 0 amide bonds. The van der Waals surface area contributed by atoms with Crippen LogP contribution in [0, 0.1) is 5.82 Å². The van der Waals surface area contributed by atoms with Crippen LogP contribution in [-0.4, -0.2) is 0 Å². The Bertz CT molecular complexity index is 1540. The summed E-state index contributed by atoms with van der Waals surface area (Å²) in [7, 11) is 0. The Morgan fingerprint density at radius 1 is 0.595 bits per heavy atom. The number of rotatable bonds is 5. The number of hydrogen-bond donors (Lipinski definition) is 0. The summed E-state index contributed by atoms with van der Waals surface area (Å²) in [6.45, 7) is 4.58. The van der Waals surface area contributed by atoms with Crippen LogP contribution in [0.25, 0.3) is 16.7 Å². The molecule has 0 aliphatic heterocycles. The Labute approximate surface area is 218 Å². The van der Waals surface area contributed by atoms with Crippen LogP contribution in [0.2, 0.25) is 0 Å². The Balaban J connectivity index is 1.56. The van der Waals surface area contributed by atoms with E-state index < -0.39 is 0 Å². The lowest BCUT2D eigenvalue weighted by atomic mass is 9.82. The van der Waals surface area contributed by atoms with Crippen molar-refractivity contribution in [1.29, 1.82) is 0 Å².